The lowest BCUT2D eigenvalue weighted by molar-refractivity contribution is 0.240. The Hall–Kier alpha value is -1.22. The standard InChI is InChI=1S/C16H25NO2/c1-3-17-11-14-8-9-15(18-2)16(10-14)19-12-13-6-4-5-7-13/h8-10,13,17H,3-7,11-12H2,1-2H3. The van der Waals surface area contributed by atoms with Gasteiger partial charge in [-0.2, -0.15) is 0 Å². The van der Waals surface area contributed by atoms with Crippen LogP contribution in [0.2, 0.25) is 0 Å². The van der Waals surface area contributed by atoms with Gasteiger partial charge in [0.2, 0.25) is 0 Å². The van der Waals surface area contributed by atoms with Crippen LogP contribution in [0.3, 0.4) is 0 Å². The number of hydrogen-bond donors (Lipinski definition) is 1. The molecule has 1 aliphatic rings. The van der Waals surface area contributed by atoms with E-state index in [1.165, 1.54) is 31.2 Å². The topological polar surface area (TPSA) is 30.5 Å². The smallest absolute Gasteiger partial charge is 0.161 e. The maximum atomic E-state index is 5.98. The third kappa shape index (κ3) is 4.13. The van der Waals surface area contributed by atoms with Crippen LogP contribution >= 0.6 is 0 Å². The van der Waals surface area contributed by atoms with Crippen LogP contribution in [0.15, 0.2) is 18.2 Å². The van der Waals surface area contributed by atoms with E-state index in [1.54, 1.807) is 7.11 Å². The molecule has 3 heteroatoms. The minimum Gasteiger partial charge on any atom is -0.493 e. The molecule has 1 aromatic carbocycles. The van der Waals surface area contributed by atoms with Crippen molar-refractivity contribution in [3.8, 4) is 11.5 Å². The second-order valence-electron chi connectivity index (χ2n) is 5.23. The van der Waals surface area contributed by atoms with Gasteiger partial charge in [0.25, 0.3) is 0 Å². The Morgan fingerprint density at radius 2 is 2.00 bits per heavy atom. The largest absolute Gasteiger partial charge is 0.493 e. The Bertz CT molecular complexity index is 386. The summed E-state index contributed by atoms with van der Waals surface area (Å²) in [5.74, 6) is 2.44. The first kappa shape index (κ1) is 14.2. The zero-order chi connectivity index (χ0) is 13.5. The molecule has 0 aromatic heterocycles. The van der Waals surface area contributed by atoms with Gasteiger partial charge in [0.1, 0.15) is 0 Å². The van der Waals surface area contributed by atoms with Crippen LogP contribution in [0.25, 0.3) is 0 Å². The summed E-state index contributed by atoms with van der Waals surface area (Å²) in [6.45, 7) is 4.78. The van der Waals surface area contributed by atoms with Crippen LogP contribution in [-0.2, 0) is 6.54 Å². The van der Waals surface area contributed by atoms with Crippen molar-refractivity contribution in [3.63, 3.8) is 0 Å². The van der Waals surface area contributed by atoms with E-state index in [0.717, 1.165) is 37.1 Å². The first-order chi connectivity index (χ1) is 9.33. The molecule has 0 saturated heterocycles. The lowest BCUT2D eigenvalue weighted by atomic mass is 10.1. The first-order valence-corrected chi connectivity index (χ1v) is 7.34. The van der Waals surface area contributed by atoms with Gasteiger partial charge in [-0.15, -0.1) is 0 Å². The molecule has 2 rings (SSSR count). The van der Waals surface area contributed by atoms with E-state index in [0.29, 0.717) is 0 Å². The Morgan fingerprint density at radius 1 is 1.21 bits per heavy atom. The molecular formula is C16H25NO2. The molecule has 0 aliphatic heterocycles. The predicted octanol–water partition coefficient (Wildman–Crippen LogP) is 3.37. The normalized spacial score (nSPS) is 15.7. The fourth-order valence-corrected chi connectivity index (χ4v) is 2.60. The molecule has 0 heterocycles. The van der Waals surface area contributed by atoms with Crippen molar-refractivity contribution >= 4 is 0 Å². The molecule has 0 amide bonds. The third-order valence-corrected chi connectivity index (χ3v) is 3.76. The van der Waals surface area contributed by atoms with E-state index in [2.05, 4.69) is 24.4 Å². The zero-order valence-corrected chi connectivity index (χ0v) is 12.1. The van der Waals surface area contributed by atoms with Gasteiger partial charge in [-0.1, -0.05) is 25.8 Å². The van der Waals surface area contributed by atoms with Crippen LogP contribution in [0, 0.1) is 5.92 Å². The molecular weight excluding hydrogens is 238 g/mol. The minimum absolute atomic E-state index is 0.724. The van der Waals surface area contributed by atoms with Gasteiger partial charge in [-0.3, -0.25) is 0 Å². The summed E-state index contributed by atoms with van der Waals surface area (Å²) >= 11 is 0. The van der Waals surface area contributed by atoms with Gasteiger partial charge in [0.05, 0.1) is 13.7 Å². The highest BCUT2D eigenvalue weighted by molar-refractivity contribution is 5.43. The van der Waals surface area contributed by atoms with Gasteiger partial charge in [-0.25, -0.2) is 0 Å². The van der Waals surface area contributed by atoms with Crippen molar-refractivity contribution in [3.05, 3.63) is 23.8 Å². The van der Waals surface area contributed by atoms with Crippen LogP contribution in [0.5, 0.6) is 11.5 Å². The number of rotatable bonds is 7. The van der Waals surface area contributed by atoms with Crippen LogP contribution < -0.4 is 14.8 Å². The van der Waals surface area contributed by atoms with E-state index in [-0.39, 0.29) is 0 Å². The van der Waals surface area contributed by atoms with Gasteiger partial charge < -0.3 is 14.8 Å². The van der Waals surface area contributed by atoms with Gasteiger partial charge in [0, 0.05) is 6.54 Å². The third-order valence-electron chi connectivity index (χ3n) is 3.76. The highest BCUT2D eigenvalue weighted by Gasteiger charge is 2.16. The van der Waals surface area contributed by atoms with Gasteiger partial charge in [0.15, 0.2) is 11.5 Å². The molecule has 0 spiro atoms. The highest BCUT2D eigenvalue weighted by atomic mass is 16.5. The predicted molar refractivity (Wildman–Crippen MR) is 77.8 cm³/mol. The molecule has 19 heavy (non-hydrogen) atoms. The average Bonchev–Trinajstić information content (AvgIpc) is 2.96. The van der Waals surface area contributed by atoms with Crippen LogP contribution in [-0.4, -0.2) is 20.3 Å². The number of benzene rings is 1. The molecule has 0 bridgehead atoms. The molecule has 1 saturated carbocycles. The van der Waals surface area contributed by atoms with Crippen molar-refractivity contribution in [2.75, 3.05) is 20.3 Å². The Kier molecular flexibility index (Phi) is 5.52. The highest BCUT2D eigenvalue weighted by Crippen LogP contribution is 2.31. The summed E-state index contributed by atoms with van der Waals surface area (Å²) in [7, 11) is 1.70. The van der Waals surface area contributed by atoms with Gasteiger partial charge >= 0.3 is 0 Å². The van der Waals surface area contributed by atoms with Gasteiger partial charge in [-0.05, 0) is 43.0 Å². The maximum absolute atomic E-state index is 5.98. The lowest BCUT2D eigenvalue weighted by Gasteiger charge is -2.15. The van der Waals surface area contributed by atoms with E-state index in [4.69, 9.17) is 9.47 Å². The molecule has 106 valence electrons. The SMILES string of the molecule is CCNCc1ccc(OC)c(OCC2CCCC2)c1. The summed E-state index contributed by atoms with van der Waals surface area (Å²) in [4.78, 5) is 0. The number of ether oxygens (including phenoxy) is 2. The fraction of sp³-hybridized carbons (Fsp3) is 0.625. The molecule has 0 unspecified atom stereocenters. The quantitative estimate of drug-likeness (QED) is 0.818. The molecule has 1 fully saturated rings. The molecule has 1 aliphatic carbocycles. The van der Waals surface area contributed by atoms with Crippen molar-refractivity contribution in [1.82, 2.24) is 5.32 Å². The minimum atomic E-state index is 0.724. The Balaban J connectivity index is 1.98. The summed E-state index contributed by atoms with van der Waals surface area (Å²) in [5, 5.41) is 3.33. The Labute approximate surface area is 116 Å². The average molecular weight is 263 g/mol. The van der Waals surface area contributed by atoms with Crippen molar-refractivity contribution in [2.24, 2.45) is 5.92 Å². The summed E-state index contributed by atoms with van der Waals surface area (Å²) in [5.41, 5.74) is 1.24. The lowest BCUT2D eigenvalue weighted by Crippen LogP contribution is -2.12. The van der Waals surface area contributed by atoms with E-state index in [1.807, 2.05) is 6.07 Å². The van der Waals surface area contributed by atoms with Crippen molar-refractivity contribution < 1.29 is 9.47 Å². The maximum Gasteiger partial charge on any atom is 0.161 e. The van der Waals surface area contributed by atoms with Crippen molar-refractivity contribution in [1.29, 1.82) is 0 Å². The number of methoxy groups -OCH3 is 1. The molecule has 0 radical (unpaired) electrons. The molecule has 3 nitrogen and oxygen atoms in total. The molecule has 1 N–H and O–H groups in total. The summed E-state index contributed by atoms with van der Waals surface area (Å²) in [6.07, 6.45) is 5.32. The number of nitrogens with one attached hydrogen (secondary N) is 1. The second kappa shape index (κ2) is 7.39. The second-order valence-corrected chi connectivity index (χ2v) is 5.23. The number of hydrogen-bond acceptors (Lipinski definition) is 3. The van der Waals surface area contributed by atoms with Crippen LogP contribution in [0.1, 0.15) is 38.2 Å². The monoisotopic (exact) mass is 263 g/mol. The van der Waals surface area contributed by atoms with E-state index in [9.17, 15) is 0 Å². The fourth-order valence-electron chi connectivity index (χ4n) is 2.60. The summed E-state index contributed by atoms with van der Waals surface area (Å²) in [6, 6.07) is 6.18. The molecule has 0 atom stereocenters. The summed E-state index contributed by atoms with van der Waals surface area (Å²) < 4.78 is 11.4. The van der Waals surface area contributed by atoms with E-state index < -0.39 is 0 Å². The van der Waals surface area contributed by atoms with Crippen LogP contribution in [0.4, 0.5) is 0 Å². The Morgan fingerprint density at radius 3 is 2.68 bits per heavy atom. The van der Waals surface area contributed by atoms with E-state index >= 15 is 0 Å². The molecule has 1 aromatic rings. The zero-order valence-electron chi connectivity index (χ0n) is 12.1. The first-order valence-electron chi connectivity index (χ1n) is 7.34. The van der Waals surface area contributed by atoms with Crippen molar-refractivity contribution in [2.45, 2.75) is 39.2 Å².